The fraction of sp³-hybridized carbons (Fsp3) is 0.400. The third-order valence-corrected chi connectivity index (χ3v) is 3.77. The van der Waals surface area contributed by atoms with Crippen LogP contribution >= 0.6 is 11.6 Å². The maximum Gasteiger partial charge on any atom is 0.122 e. The van der Waals surface area contributed by atoms with Crippen molar-refractivity contribution in [3.63, 3.8) is 0 Å². The van der Waals surface area contributed by atoms with Crippen molar-refractivity contribution in [2.24, 2.45) is 5.84 Å². The molecule has 6 heteroatoms. The standard InChI is InChI=1S/C15H21ClN4O/c1-4-7-20-15(12(16)9-18-20)14(19-17)11-6-5-10(2)13(8-11)21-3/h5-6,8-9,14,19H,4,7,17H2,1-3H3. The molecule has 1 heterocycles. The molecule has 1 atom stereocenters. The molecule has 0 amide bonds. The lowest BCUT2D eigenvalue weighted by molar-refractivity contribution is 0.410. The number of aryl methyl sites for hydroxylation is 2. The number of hydrogen-bond acceptors (Lipinski definition) is 4. The Morgan fingerprint density at radius 2 is 2.24 bits per heavy atom. The second kappa shape index (κ2) is 6.93. The first kappa shape index (κ1) is 15.8. The number of nitrogens with one attached hydrogen (secondary N) is 1. The number of ether oxygens (including phenoxy) is 1. The van der Waals surface area contributed by atoms with E-state index in [2.05, 4.69) is 17.4 Å². The lowest BCUT2D eigenvalue weighted by Crippen LogP contribution is -2.31. The van der Waals surface area contributed by atoms with E-state index in [1.54, 1.807) is 13.3 Å². The van der Waals surface area contributed by atoms with Crippen LogP contribution in [-0.2, 0) is 6.54 Å². The number of nitrogens with zero attached hydrogens (tertiary/aromatic N) is 2. The van der Waals surface area contributed by atoms with Crippen molar-refractivity contribution >= 4 is 11.6 Å². The van der Waals surface area contributed by atoms with Crippen LogP contribution in [-0.4, -0.2) is 16.9 Å². The molecule has 0 radical (unpaired) electrons. The van der Waals surface area contributed by atoms with Crippen LogP contribution in [0.3, 0.4) is 0 Å². The monoisotopic (exact) mass is 308 g/mol. The summed E-state index contributed by atoms with van der Waals surface area (Å²) >= 11 is 6.30. The van der Waals surface area contributed by atoms with Gasteiger partial charge in [0.05, 0.1) is 30.1 Å². The fourth-order valence-electron chi connectivity index (χ4n) is 2.40. The van der Waals surface area contributed by atoms with E-state index in [1.807, 2.05) is 29.8 Å². The van der Waals surface area contributed by atoms with Gasteiger partial charge in [-0.25, -0.2) is 5.43 Å². The third kappa shape index (κ3) is 3.20. The summed E-state index contributed by atoms with van der Waals surface area (Å²) in [6.45, 7) is 4.89. The molecule has 5 nitrogen and oxygen atoms in total. The van der Waals surface area contributed by atoms with Gasteiger partial charge in [-0.3, -0.25) is 10.5 Å². The Kier molecular flexibility index (Phi) is 5.22. The maximum absolute atomic E-state index is 6.30. The maximum atomic E-state index is 6.30. The summed E-state index contributed by atoms with van der Waals surface area (Å²) in [5.41, 5.74) is 5.76. The van der Waals surface area contributed by atoms with Crippen LogP contribution in [0.5, 0.6) is 5.75 Å². The van der Waals surface area contributed by atoms with E-state index in [1.165, 1.54) is 0 Å². The van der Waals surface area contributed by atoms with Gasteiger partial charge in [-0.15, -0.1) is 0 Å². The Balaban J connectivity index is 2.47. The Hall–Kier alpha value is -1.56. The van der Waals surface area contributed by atoms with E-state index < -0.39 is 0 Å². The molecule has 1 aromatic heterocycles. The number of hydrazine groups is 1. The van der Waals surface area contributed by atoms with Crippen molar-refractivity contribution in [3.05, 3.63) is 46.2 Å². The van der Waals surface area contributed by atoms with Gasteiger partial charge >= 0.3 is 0 Å². The molecule has 21 heavy (non-hydrogen) atoms. The topological polar surface area (TPSA) is 65.1 Å². The van der Waals surface area contributed by atoms with E-state index in [0.717, 1.165) is 35.5 Å². The molecule has 0 aliphatic heterocycles. The minimum absolute atomic E-state index is 0.235. The molecule has 1 aromatic carbocycles. The Labute approximate surface area is 130 Å². The summed E-state index contributed by atoms with van der Waals surface area (Å²) in [6, 6.07) is 5.76. The van der Waals surface area contributed by atoms with Crippen LogP contribution in [0.15, 0.2) is 24.4 Å². The smallest absolute Gasteiger partial charge is 0.122 e. The quantitative estimate of drug-likeness (QED) is 0.636. The van der Waals surface area contributed by atoms with Crippen LogP contribution in [0.1, 0.15) is 36.2 Å². The molecule has 114 valence electrons. The van der Waals surface area contributed by atoms with Crippen LogP contribution in [0.25, 0.3) is 0 Å². The highest BCUT2D eigenvalue weighted by Gasteiger charge is 2.21. The summed E-state index contributed by atoms with van der Waals surface area (Å²) < 4.78 is 7.27. The minimum atomic E-state index is -0.235. The van der Waals surface area contributed by atoms with Gasteiger partial charge in [-0.1, -0.05) is 30.7 Å². The molecule has 3 N–H and O–H groups in total. The summed E-state index contributed by atoms with van der Waals surface area (Å²) in [5, 5.41) is 4.92. The zero-order chi connectivity index (χ0) is 15.4. The molecule has 0 bridgehead atoms. The van der Waals surface area contributed by atoms with Crippen LogP contribution < -0.4 is 16.0 Å². The molecule has 2 aromatic rings. The summed E-state index contributed by atoms with van der Waals surface area (Å²) in [7, 11) is 1.66. The van der Waals surface area contributed by atoms with E-state index in [0.29, 0.717) is 5.02 Å². The number of nitrogens with two attached hydrogens (primary N) is 1. The number of benzene rings is 1. The highest BCUT2D eigenvalue weighted by molar-refractivity contribution is 6.31. The second-order valence-electron chi connectivity index (χ2n) is 4.93. The molecule has 0 fully saturated rings. The van der Waals surface area contributed by atoms with Gasteiger partial charge < -0.3 is 4.74 Å². The van der Waals surface area contributed by atoms with Gasteiger partial charge in [0.1, 0.15) is 5.75 Å². The lowest BCUT2D eigenvalue weighted by Gasteiger charge is -2.20. The van der Waals surface area contributed by atoms with Gasteiger partial charge in [0.2, 0.25) is 0 Å². The summed E-state index contributed by atoms with van der Waals surface area (Å²) in [4.78, 5) is 0. The van der Waals surface area contributed by atoms with Gasteiger partial charge in [0.25, 0.3) is 0 Å². The van der Waals surface area contributed by atoms with Crippen molar-refractivity contribution in [3.8, 4) is 5.75 Å². The number of methoxy groups -OCH3 is 1. The normalized spacial score (nSPS) is 12.4. The number of halogens is 1. The highest BCUT2D eigenvalue weighted by Crippen LogP contribution is 2.31. The zero-order valence-electron chi connectivity index (χ0n) is 12.6. The highest BCUT2D eigenvalue weighted by atomic mass is 35.5. The number of aromatic nitrogens is 2. The van der Waals surface area contributed by atoms with E-state index in [9.17, 15) is 0 Å². The van der Waals surface area contributed by atoms with Crippen molar-refractivity contribution in [2.75, 3.05) is 7.11 Å². The van der Waals surface area contributed by atoms with Crippen LogP contribution in [0.2, 0.25) is 5.02 Å². The van der Waals surface area contributed by atoms with Gasteiger partial charge in [0.15, 0.2) is 0 Å². The van der Waals surface area contributed by atoms with E-state index >= 15 is 0 Å². The summed E-state index contributed by atoms with van der Waals surface area (Å²) in [5.74, 6) is 6.59. The van der Waals surface area contributed by atoms with E-state index in [4.69, 9.17) is 22.2 Å². The predicted molar refractivity (Wildman–Crippen MR) is 84.4 cm³/mol. The predicted octanol–water partition coefficient (Wildman–Crippen LogP) is 2.82. The molecule has 1 unspecified atom stereocenters. The molecular formula is C15H21ClN4O. The first-order chi connectivity index (χ1) is 10.1. The molecule has 0 aliphatic carbocycles. The molecule has 2 rings (SSSR count). The number of hydrogen-bond donors (Lipinski definition) is 2. The van der Waals surface area contributed by atoms with E-state index in [-0.39, 0.29) is 6.04 Å². The average Bonchev–Trinajstić information content (AvgIpc) is 2.83. The molecular weight excluding hydrogens is 288 g/mol. The molecule has 0 saturated carbocycles. The van der Waals surface area contributed by atoms with Crippen molar-refractivity contribution in [1.29, 1.82) is 0 Å². The summed E-state index contributed by atoms with van der Waals surface area (Å²) in [6.07, 6.45) is 2.63. The lowest BCUT2D eigenvalue weighted by atomic mass is 10.0. The molecule has 0 spiro atoms. The Morgan fingerprint density at radius 1 is 1.48 bits per heavy atom. The van der Waals surface area contributed by atoms with Gasteiger partial charge in [-0.2, -0.15) is 5.10 Å². The van der Waals surface area contributed by atoms with Crippen LogP contribution in [0, 0.1) is 6.92 Å². The first-order valence-electron chi connectivity index (χ1n) is 6.94. The fourth-order valence-corrected chi connectivity index (χ4v) is 2.65. The Morgan fingerprint density at radius 3 is 2.86 bits per heavy atom. The number of rotatable bonds is 6. The first-order valence-corrected chi connectivity index (χ1v) is 7.32. The van der Waals surface area contributed by atoms with Crippen LogP contribution in [0.4, 0.5) is 0 Å². The molecule has 0 aliphatic rings. The van der Waals surface area contributed by atoms with Gasteiger partial charge in [-0.05, 0) is 30.5 Å². The average molecular weight is 309 g/mol. The van der Waals surface area contributed by atoms with Gasteiger partial charge in [0, 0.05) is 6.54 Å². The largest absolute Gasteiger partial charge is 0.496 e. The van der Waals surface area contributed by atoms with Crippen molar-refractivity contribution < 1.29 is 4.74 Å². The van der Waals surface area contributed by atoms with Crippen molar-refractivity contribution in [2.45, 2.75) is 32.9 Å². The third-order valence-electron chi connectivity index (χ3n) is 3.47. The minimum Gasteiger partial charge on any atom is -0.496 e. The SMILES string of the molecule is CCCn1ncc(Cl)c1C(NN)c1ccc(C)c(OC)c1. The second-order valence-corrected chi connectivity index (χ2v) is 5.34. The zero-order valence-corrected chi connectivity index (χ0v) is 13.3. The van der Waals surface area contributed by atoms with Crippen molar-refractivity contribution in [1.82, 2.24) is 15.2 Å². The Bertz CT molecular complexity index is 612. The molecule has 0 saturated heterocycles.